The molecule has 0 spiro atoms. The number of piperidine rings is 1. The Labute approximate surface area is 180 Å². The van der Waals surface area contributed by atoms with Gasteiger partial charge in [-0.1, -0.05) is 0 Å². The van der Waals surface area contributed by atoms with Crippen LogP contribution in [0.15, 0.2) is 0 Å². The quantitative estimate of drug-likeness (QED) is 0.621. The molecule has 1 amide bonds. The molecule has 2 rings (SSSR count). The van der Waals surface area contributed by atoms with E-state index in [9.17, 15) is 22.8 Å². The lowest BCUT2D eigenvalue weighted by atomic mass is 9.97. The summed E-state index contributed by atoms with van der Waals surface area (Å²) in [5.74, 6) is -1.92. The molecule has 1 aliphatic heterocycles. The van der Waals surface area contributed by atoms with E-state index in [1.165, 1.54) is 4.31 Å². The molecule has 1 aliphatic rings. The van der Waals surface area contributed by atoms with Crippen LogP contribution in [0.2, 0.25) is 0 Å². The van der Waals surface area contributed by atoms with Crippen molar-refractivity contribution in [3.8, 4) is 0 Å². The predicted octanol–water partition coefficient (Wildman–Crippen LogP) is 2.41. The van der Waals surface area contributed by atoms with E-state index in [0.717, 1.165) is 17.6 Å². The van der Waals surface area contributed by atoms with E-state index < -0.39 is 27.9 Å². The second-order valence-corrected chi connectivity index (χ2v) is 10.4. The number of nitrogens with zero attached hydrogens (tertiary/aromatic N) is 1. The van der Waals surface area contributed by atoms with E-state index in [1.54, 1.807) is 27.7 Å². The molecule has 11 heteroatoms. The Bertz CT molecular complexity index is 914. The van der Waals surface area contributed by atoms with Crippen molar-refractivity contribution in [1.82, 2.24) is 4.31 Å². The van der Waals surface area contributed by atoms with Gasteiger partial charge in [0.05, 0.1) is 24.5 Å². The number of hydrogen-bond acceptors (Lipinski definition) is 8. The Morgan fingerprint density at radius 1 is 1.20 bits per heavy atom. The van der Waals surface area contributed by atoms with Gasteiger partial charge in [-0.05, 0) is 46.1 Å². The van der Waals surface area contributed by atoms with Crippen LogP contribution >= 0.6 is 11.3 Å². The van der Waals surface area contributed by atoms with Crippen molar-refractivity contribution in [2.24, 2.45) is 5.92 Å². The molecule has 0 saturated carbocycles. The molecular weight excluding hydrogens is 432 g/mol. The highest BCUT2D eigenvalue weighted by molar-refractivity contribution is 7.88. The van der Waals surface area contributed by atoms with Gasteiger partial charge in [0.15, 0.2) is 0 Å². The van der Waals surface area contributed by atoms with E-state index >= 15 is 0 Å². The number of amides is 1. The number of sulfonamides is 1. The number of rotatable bonds is 7. The fourth-order valence-corrected chi connectivity index (χ4v) is 5.14. The van der Waals surface area contributed by atoms with Gasteiger partial charge in [0.2, 0.25) is 15.9 Å². The molecule has 0 aromatic carbocycles. The second kappa shape index (κ2) is 9.88. The molecule has 1 aromatic heterocycles. The van der Waals surface area contributed by atoms with Gasteiger partial charge in [0, 0.05) is 19.0 Å². The summed E-state index contributed by atoms with van der Waals surface area (Å²) in [6.07, 6.45) is 1.52. The molecule has 1 aromatic rings. The first-order valence-electron chi connectivity index (χ1n) is 9.73. The van der Waals surface area contributed by atoms with Crippen LogP contribution in [0.3, 0.4) is 0 Å². The summed E-state index contributed by atoms with van der Waals surface area (Å²) in [6, 6.07) is 0. The average molecular weight is 461 g/mol. The smallest absolute Gasteiger partial charge is 0.348 e. The fourth-order valence-electron chi connectivity index (χ4n) is 3.18. The lowest BCUT2D eigenvalue weighted by Crippen LogP contribution is -2.40. The number of nitrogens with one attached hydrogen (secondary N) is 1. The number of hydrogen-bond donors (Lipinski definition) is 1. The first-order valence-corrected chi connectivity index (χ1v) is 12.4. The summed E-state index contributed by atoms with van der Waals surface area (Å²) < 4.78 is 35.0. The van der Waals surface area contributed by atoms with Crippen LogP contribution in [0.25, 0.3) is 0 Å². The van der Waals surface area contributed by atoms with Gasteiger partial charge in [0.1, 0.15) is 9.88 Å². The Morgan fingerprint density at radius 3 is 2.30 bits per heavy atom. The second-order valence-electron chi connectivity index (χ2n) is 7.36. The minimum Gasteiger partial charge on any atom is -0.462 e. The van der Waals surface area contributed by atoms with Crippen LogP contribution in [-0.4, -0.2) is 62.6 Å². The van der Waals surface area contributed by atoms with Crippen LogP contribution < -0.4 is 5.32 Å². The molecule has 0 aliphatic carbocycles. The number of carbonyl (C=O) groups is 3. The molecule has 9 nitrogen and oxygen atoms in total. The molecule has 2 heterocycles. The maximum absolute atomic E-state index is 12.8. The third-order valence-corrected chi connectivity index (χ3v) is 7.18. The van der Waals surface area contributed by atoms with Crippen molar-refractivity contribution in [3.63, 3.8) is 0 Å². The third-order valence-electron chi connectivity index (χ3n) is 4.68. The lowest BCUT2D eigenvalue weighted by molar-refractivity contribution is -0.120. The number of anilines is 1. The highest BCUT2D eigenvalue weighted by Gasteiger charge is 2.32. The van der Waals surface area contributed by atoms with Gasteiger partial charge in [0.25, 0.3) is 0 Å². The third kappa shape index (κ3) is 5.79. The van der Waals surface area contributed by atoms with Gasteiger partial charge in [-0.15, -0.1) is 11.3 Å². The minimum atomic E-state index is -3.29. The van der Waals surface area contributed by atoms with Gasteiger partial charge in [-0.3, -0.25) is 4.79 Å². The summed E-state index contributed by atoms with van der Waals surface area (Å²) in [4.78, 5) is 37.9. The summed E-state index contributed by atoms with van der Waals surface area (Å²) in [5.41, 5.74) is 0.532. The van der Waals surface area contributed by atoms with Gasteiger partial charge < -0.3 is 14.8 Å². The highest BCUT2D eigenvalue weighted by atomic mass is 32.2. The van der Waals surface area contributed by atoms with Gasteiger partial charge >= 0.3 is 11.9 Å². The van der Waals surface area contributed by atoms with Crippen molar-refractivity contribution in [3.05, 3.63) is 16.0 Å². The highest BCUT2D eigenvalue weighted by Crippen LogP contribution is 2.35. The maximum atomic E-state index is 12.8. The summed E-state index contributed by atoms with van der Waals surface area (Å²) in [6.45, 7) is 7.41. The number of ether oxygens (including phenoxy) is 2. The van der Waals surface area contributed by atoms with Crippen molar-refractivity contribution in [1.29, 1.82) is 0 Å². The Morgan fingerprint density at radius 2 is 1.80 bits per heavy atom. The molecular formula is C19H28N2O7S2. The number of carbonyl (C=O) groups excluding carboxylic acids is 3. The molecule has 0 radical (unpaired) electrons. The number of thiophene rings is 1. The van der Waals surface area contributed by atoms with E-state index in [-0.39, 0.29) is 47.1 Å². The van der Waals surface area contributed by atoms with E-state index in [4.69, 9.17) is 9.47 Å². The first kappa shape index (κ1) is 24.3. The molecule has 30 heavy (non-hydrogen) atoms. The van der Waals surface area contributed by atoms with Crippen LogP contribution in [0.1, 0.15) is 59.2 Å². The normalized spacial score (nSPS) is 15.8. The number of esters is 2. The molecule has 0 bridgehead atoms. The SMILES string of the molecule is CCOC(=O)c1sc(NC(=O)C2CCN(S(C)(=O)=O)CC2)c(C(=O)OC(C)C)c1C. The van der Waals surface area contributed by atoms with Crippen LogP contribution in [0, 0.1) is 12.8 Å². The van der Waals surface area contributed by atoms with E-state index in [2.05, 4.69) is 5.32 Å². The summed E-state index contributed by atoms with van der Waals surface area (Å²) >= 11 is 0.973. The minimum absolute atomic E-state index is 0.138. The van der Waals surface area contributed by atoms with E-state index in [1.807, 2.05) is 0 Å². The maximum Gasteiger partial charge on any atom is 0.348 e. The topological polar surface area (TPSA) is 119 Å². The van der Waals surface area contributed by atoms with Gasteiger partial charge in [-0.2, -0.15) is 0 Å². The molecule has 0 atom stereocenters. The zero-order valence-electron chi connectivity index (χ0n) is 17.8. The molecule has 1 saturated heterocycles. The van der Waals surface area contributed by atoms with Crippen molar-refractivity contribution >= 4 is 44.2 Å². The van der Waals surface area contributed by atoms with Crippen LogP contribution in [0.4, 0.5) is 5.00 Å². The fraction of sp³-hybridized carbons (Fsp3) is 0.632. The standard InChI is InChI=1S/C19H28N2O7S2/c1-6-27-19(24)15-12(4)14(18(23)28-11(2)3)17(29-15)20-16(22)13-7-9-21(10-8-13)30(5,25)26/h11,13H,6-10H2,1-5H3,(H,20,22). The summed E-state index contributed by atoms with van der Waals surface area (Å²) in [5, 5.41) is 2.98. The zero-order chi connectivity index (χ0) is 22.6. The molecule has 168 valence electrons. The van der Waals surface area contributed by atoms with E-state index in [0.29, 0.717) is 18.4 Å². The first-order chi connectivity index (χ1) is 14.0. The van der Waals surface area contributed by atoms with Crippen molar-refractivity contribution in [2.75, 3.05) is 31.3 Å². The van der Waals surface area contributed by atoms with Crippen LogP contribution in [-0.2, 0) is 24.3 Å². The van der Waals surface area contributed by atoms with Crippen molar-refractivity contribution in [2.45, 2.75) is 46.6 Å². The average Bonchev–Trinajstić information content (AvgIpc) is 2.96. The molecule has 1 N–H and O–H groups in total. The van der Waals surface area contributed by atoms with Gasteiger partial charge in [-0.25, -0.2) is 22.3 Å². The lowest BCUT2D eigenvalue weighted by Gasteiger charge is -2.29. The van der Waals surface area contributed by atoms with Crippen molar-refractivity contribution < 1.29 is 32.3 Å². The Kier molecular flexibility index (Phi) is 8.00. The molecule has 0 unspecified atom stereocenters. The van der Waals surface area contributed by atoms with Crippen LogP contribution in [0.5, 0.6) is 0 Å². The predicted molar refractivity (Wildman–Crippen MR) is 113 cm³/mol. The monoisotopic (exact) mass is 460 g/mol. The zero-order valence-corrected chi connectivity index (χ0v) is 19.4. The largest absolute Gasteiger partial charge is 0.462 e. The summed E-state index contributed by atoms with van der Waals surface area (Å²) in [7, 11) is -3.29. The Balaban J connectivity index is 2.25. The molecule has 1 fully saturated rings. The Hall–Kier alpha value is -1.98.